The highest BCUT2D eigenvalue weighted by atomic mass is 35.5. The van der Waals surface area contributed by atoms with E-state index in [4.69, 9.17) is 5.11 Å². The summed E-state index contributed by atoms with van der Waals surface area (Å²) in [4.78, 5) is 28.7. The van der Waals surface area contributed by atoms with Crippen LogP contribution >= 0.6 is 23.7 Å². The van der Waals surface area contributed by atoms with Gasteiger partial charge in [-0.2, -0.15) is 0 Å². The van der Waals surface area contributed by atoms with Crippen molar-refractivity contribution in [1.82, 2.24) is 9.80 Å². The van der Waals surface area contributed by atoms with E-state index in [0.717, 1.165) is 25.9 Å². The molecule has 1 aromatic heterocycles. The number of halogens is 1. The van der Waals surface area contributed by atoms with Gasteiger partial charge in [0.05, 0.1) is 0 Å². The first-order chi connectivity index (χ1) is 10.1. The fraction of sp³-hybridized carbons (Fsp3) is 0.600. The van der Waals surface area contributed by atoms with Gasteiger partial charge in [0.1, 0.15) is 6.04 Å². The van der Waals surface area contributed by atoms with Crippen molar-refractivity contribution >= 4 is 35.6 Å². The van der Waals surface area contributed by atoms with Crippen LogP contribution in [0.2, 0.25) is 0 Å². The highest BCUT2D eigenvalue weighted by Gasteiger charge is 2.31. The molecule has 1 saturated heterocycles. The number of aliphatic carboxylic acids is 1. The van der Waals surface area contributed by atoms with Crippen molar-refractivity contribution in [3.63, 3.8) is 0 Å². The highest BCUT2D eigenvalue weighted by molar-refractivity contribution is 7.10. The van der Waals surface area contributed by atoms with Crippen molar-refractivity contribution in [3.8, 4) is 0 Å². The van der Waals surface area contributed by atoms with Crippen molar-refractivity contribution in [2.24, 2.45) is 0 Å². The zero-order valence-electron chi connectivity index (χ0n) is 12.4. The number of hydrogen-bond donors (Lipinski definition) is 1. The van der Waals surface area contributed by atoms with Crippen LogP contribution in [0.25, 0.3) is 0 Å². The van der Waals surface area contributed by atoms with Crippen molar-refractivity contribution in [2.45, 2.75) is 38.3 Å². The van der Waals surface area contributed by atoms with Crippen molar-refractivity contribution < 1.29 is 14.7 Å². The number of carbonyl (C=O) groups is 2. The molecule has 2 aliphatic rings. The smallest absolute Gasteiger partial charge is 0.320 e. The van der Waals surface area contributed by atoms with Gasteiger partial charge in [0.25, 0.3) is 0 Å². The lowest BCUT2D eigenvalue weighted by Crippen LogP contribution is -2.40. The molecule has 1 aromatic rings. The molecular weight excluding hydrogens is 324 g/mol. The standard InChI is InChI=1S/C15H20N2O3S.ClH/c18-14(4-8-16-6-1-2-12(16)15(19)20)17-7-3-13-11(10-17)5-9-21-13;/h5,9,12H,1-4,6-8,10H2,(H,19,20);1H. The van der Waals surface area contributed by atoms with Crippen LogP contribution in [-0.2, 0) is 22.6 Å². The average Bonchev–Trinajstić information content (AvgIpc) is 3.12. The van der Waals surface area contributed by atoms with Crippen LogP contribution in [0.1, 0.15) is 29.7 Å². The van der Waals surface area contributed by atoms with Crippen molar-refractivity contribution in [1.29, 1.82) is 0 Å². The third kappa shape index (κ3) is 3.62. The number of hydrogen-bond acceptors (Lipinski definition) is 4. The summed E-state index contributed by atoms with van der Waals surface area (Å²) >= 11 is 1.76. The number of rotatable bonds is 4. The molecular formula is C15H21ClN2O3S. The van der Waals surface area contributed by atoms with Gasteiger partial charge in [0.2, 0.25) is 5.91 Å². The Morgan fingerprint density at radius 2 is 2.18 bits per heavy atom. The quantitative estimate of drug-likeness (QED) is 0.907. The van der Waals surface area contributed by atoms with Crippen LogP contribution in [0.5, 0.6) is 0 Å². The van der Waals surface area contributed by atoms with E-state index in [1.165, 1.54) is 10.4 Å². The van der Waals surface area contributed by atoms with Gasteiger partial charge in [-0.05, 0) is 42.8 Å². The second-order valence-electron chi connectivity index (χ2n) is 5.72. The first-order valence-corrected chi connectivity index (χ1v) is 8.33. The highest BCUT2D eigenvalue weighted by Crippen LogP contribution is 2.24. The molecule has 5 nitrogen and oxygen atoms in total. The molecule has 0 aromatic carbocycles. The van der Waals surface area contributed by atoms with Gasteiger partial charge in [-0.3, -0.25) is 14.5 Å². The maximum atomic E-state index is 12.3. The Hall–Kier alpha value is -1.11. The average molecular weight is 345 g/mol. The molecule has 1 unspecified atom stereocenters. The van der Waals surface area contributed by atoms with Gasteiger partial charge < -0.3 is 10.0 Å². The van der Waals surface area contributed by atoms with Gasteiger partial charge in [-0.1, -0.05) is 0 Å². The molecule has 0 spiro atoms. The number of carboxylic acid groups (broad SMARTS) is 1. The lowest BCUT2D eigenvalue weighted by Gasteiger charge is -2.28. The second kappa shape index (κ2) is 7.44. The summed E-state index contributed by atoms with van der Waals surface area (Å²) in [7, 11) is 0. The van der Waals surface area contributed by atoms with Crippen molar-refractivity contribution in [2.75, 3.05) is 19.6 Å². The number of likely N-dealkylation sites (tertiary alicyclic amines) is 1. The third-order valence-corrected chi connectivity index (χ3v) is 5.44. The van der Waals surface area contributed by atoms with E-state index in [1.54, 1.807) is 11.3 Å². The topological polar surface area (TPSA) is 60.9 Å². The summed E-state index contributed by atoms with van der Waals surface area (Å²) in [5.41, 5.74) is 1.27. The van der Waals surface area contributed by atoms with E-state index >= 15 is 0 Å². The second-order valence-corrected chi connectivity index (χ2v) is 6.72. The Balaban J connectivity index is 0.00000176. The molecule has 3 heterocycles. The Bertz CT molecular complexity index is 549. The molecule has 1 amide bonds. The minimum atomic E-state index is -0.763. The van der Waals surface area contributed by atoms with E-state index in [-0.39, 0.29) is 18.3 Å². The number of amides is 1. The first-order valence-electron chi connectivity index (χ1n) is 7.45. The number of carboxylic acids is 1. The third-order valence-electron chi connectivity index (χ3n) is 4.42. The summed E-state index contributed by atoms with van der Waals surface area (Å²) in [5, 5.41) is 11.2. The van der Waals surface area contributed by atoms with Gasteiger partial charge in [-0.15, -0.1) is 23.7 Å². The Morgan fingerprint density at radius 1 is 1.36 bits per heavy atom. The predicted octanol–water partition coefficient (Wildman–Crippen LogP) is 1.99. The minimum Gasteiger partial charge on any atom is -0.480 e. The summed E-state index contributed by atoms with van der Waals surface area (Å²) in [6.07, 6.45) is 2.97. The molecule has 0 aliphatic carbocycles. The summed E-state index contributed by atoms with van der Waals surface area (Å²) in [6.45, 7) is 2.84. The van der Waals surface area contributed by atoms with E-state index in [1.807, 2.05) is 9.80 Å². The zero-order chi connectivity index (χ0) is 14.8. The Morgan fingerprint density at radius 3 is 2.95 bits per heavy atom. The van der Waals surface area contributed by atoms with Crippen LogP contribution in [0.4, 0.5) is 0 Å². The van der Waals surface area contributed by atoms with E-state index in [0.29, 0.717) is 25.9 Å². The predicted molar refractivity (Wildman–Crippen MR) is 87.5 cm³/mol. The van der Waals surface area contributed by atoms with E-state index in [2.05, 4.69) is 11.4 Å². The molecule has 0 radical (unpaired) electrons. The molecule has 1 atom stereocenters. The van der Waals surface area contributed by atoms with Crippen LogP contribution in [0, 0.1) is 0 Å². The summed E-state index contributed by atoms with van der Waals surface area (Å²) in [6, 6.07) is 1.70. The maximum absolute atomic E-state index is 12.3. The number of thiophene rings is 1. The fourth-order valence-electron chi connectivity index (χ4n) is 3.23. The molecule has 22 heavy (non-hydrogen) atoms. The summed E-state index contributed by atoms with van der Waals surface area (Å²) < 4.78 is 0. The van der Waals surface area contributed by atoms with Crippen LogP contribution in [0.3, 0.4) is 0 Å². The lowest BCUT2D eigenvalue weighted by molar-refractivity contribution is -0.143. The van der Waals surface area contributed by atoms with Crippen molar-refractivity contribution in [3.05, 3.63) is 21.9 Å². The monoisotopic (exact) mass is 344 g/mol. The van der Waals surface area contributed by atoms with Gasteiger partial charge in [0, 0.05) is 30.9 Å². The first kappa shape index (κ1) is 17.2. The van der Waals surface area contributed by atoms with E-state index in [9.17, 15) is 9.59 Å². The van der Waals surface area contributed by atoms with E-state index < -0.39 is 12.0 Å². The van der Waals surface area contributed by atoms with Crippen LogP contribution < -0.4 is 0 Å². The Labute approximate surface area is 140 Å². The summed E-state index contributed by atoms with van der Waals surface area (Å²) in [5.74, 6) is -0.622. The SMILES string of the molecule is Cl.O=C(O)C1CCCN1CCC(=O)N1CCc2sccc2C1. The zero-order valence-corrected chi connectivity index (χ0v) is 14.0. The maximum Gasteiger partial charge on any atom is 0.320 e. The molecule has 1 fully saturated rings. The molecule has 1 N–H and O–H groups in total. The number of fused-ring (bicyclic) bond motifs is 1. The normalized spacial score (nSPS) is 21.3. The lowest BCUT2D eigenvalue weighted by atomic mass is 10.1. The largest absolute Gasteiger partial charge is 0.480 e. The van der Waals surface area contributed by atoms with Crippen LogP contribution in [0.15, 0.2) is 11.4 Å². The van der Waals surface area contributed by atoms with Gasteiger partial charge in [0.15, 0.2) is 0 Å². The molecule has 122 valence electrons. The van der Waals surface area contributed by atoms with Crippen LogP contribution in [-0.4, -0.2) is 52.5 Å². The number of carbonyl (C=O) groups excluding carboxylic acids is 1. The Kier molecular flexibility index (Phi) is 5.83. The molecule has 0 bridgehead atoms. The number of nitrogens with zero attached hydrogens (tertiary/aromatic N) is 2. The van der Waals surface area contributed by atoms with Gasteiger partial charge >= 0.3 is 5.97 Å². The molecule has 0 saturated carbocycles. The molecule has 7 heteroatoms. The fourth-order valence-corrected chi connectivity index (χ4v) is 4.12. The molecule has 3 rings (SSSR count). The minimum absolute atomic E-state index is 0. The van der Waals surface area contributed by atoms with Gasteiger partial charge in [-0.25, -0.2) is 0 Å². The molecule has 2 aliphatic heterocycles.